The minimum atomic E-state index is 1.10. The molecule has 0 saturated heterocycles. The Morgan fingerprint density at radius 3 is 1.54 bits per heavy atom. The van der Waals surface area contributed by atoms with Gasteiger partial charge in [0.05, 0.1) is 11.0 Å². The Morgan fingerprint density at radius 2 is 0.833 bits per heavy atom. The lowest BCUT2D eigenvalue weighted by Crippen LogP contribution is -2.09. The molecule has 0 amide bonds. The Kier molecular flexibility index (Phi) is 7.85. The Balaban J connectivity index is 1.10. The van der Waals surface area contributed by atoms with Crippen LogP contribution in [0.25, 0.3) is 71.6 Å². The zero-order chi connectivity index (χ0) is 35.8. The van der Waals surface area contributed by atoms with Gasteiger partial charge in [0, 0.05) is 38.9 Å². The molecule has 0 N–H and O–H groups in total. The van der Waals surface area contributed by atoms with Gasteiger partial charge < -0.3 is 9.47 Å². The Bertz CT molecular complexity index is 2890. The normalized spacial score (nSPS) is 11.3. The predicted molar refractivity (Wildman–Crippen MR) is 229 cm³/mol. The molecule has 0 atom stereocenters. The number of para-hydroxylation sites is 2. The van der Waals surface area contributed by atoms with Gasteiger partial charge in [-0.25, -0.2) is 0 Å². The molecule has 54 heavy (non-hydrogen) atoms. The maximum atomic E-state index is 2.45. The Hall–Kier alpha value is -7.16. The summed E-state index contributed by atoms with van der Waals surface area (Å²) in [5, 5.41) is 5.02. The third-order valence-electron chi connectivity index (χ3n) is 10.6. The minimum Gasteiger partial charge on any atom is -0.311 e. The summed E-state index contributed by atoms with van der Waals surface area (Å²) in [6, 6.07) is 78.8. The van der Waals surface area contributed by atoms with Crippen LogP contribution in [0.15, 0.2) is 218 Å². The van der Waals surface area contributed by atoms with Gasteiger partial charge in [0.1, 0.15) is 0 Å². The van der Waals surface area contributed by atoms with Crippen molar-refractivity contribution in [1.82, 2.24) is 4.57 Å². The van der Waals surface area contributed by atoms with Gasteiger partial charge in [-0.05, 0) is 93.4 Å². The molecule has 0 radical (unpaired) electrons. The SMILES string of the molecule is c1ccc(-c2ccc(N(c3ccccc3)c3ccc(-c4ccc(-n5c6ccccc6c6ccc7ccccc7c65)cc4-c4ccccc4)cc3)cc2)cc1. The van der Waals surface area contributed by atoms with E-state index in [4.69, 9.17) is 0 Å². The first kappa shape index (κ1) is 31.6. The van der Waals surface area contributed by atoms with Crippen molar-refractivity contribution in [1.29, 1.82) is 0 Å². The quantitative estimate of drug-likeness (QED) is 0.162. The average Bonchev–Trinajstić information content (AvgIpc) is 3.60. The lowest BCUT2D eigenvalue weighted by molar-refractivity contribution is 1.19. The van der Waals surface area contributed by atoms with Gasteiger partial charge in [-0.3, -0.25) is 0 Å². The monoisotopic (exact) mass is 688 g/mol. The first-order chi connectivity index (χ1) is 26.8. The highest BCUT2D eigenvalue weighted by Gasteiger charge is 2.18. The van der Waals surface area contributed by atoms with E-state index in [2.05, 4.69) is 228 Å². The highest BCUT2D eigenvalue weighted by Crippen LogP contribution is 2.41. The van der Waals surface area contributed by atoms with Crippen LogP contribution >= 0.6 is 0 Å². The second-order valence-electron chi connectivity index (χ2n) is 13.8. The third kappa shape index (κ3) is 5.53. The minimum absolute atomic E-state index is 1.10. The summed E-state index contributed by atoms with van der Waals surface area (Å²) < 4.78 is 2.45. The van der Waals surface area contributed by atoms with Crippen LogP contribution in [0.1, 0.15) is 0 Å². The Labute approximate surface area is 315 Å². The number of hydrogen-bond acceptors (Lipinski definition) is 1. The fraction of sp³-hybridized carbons (Fsp3) is 0. The van der Waals surface area contributed by atoms with Crippen molar-refractivity contribution in [3.05, 3.63) is 218 Å². The summed E-state index contributed by atoms with van der Waals surface area (Å²) in [6.45, 7) is 0. The van der Waals surface area contributed by atoms with E-state index in [0.717, 1.165) is 22.7 Å². The number of rotatable bonds is 7. The average molecular weight is 689 g/mol. The largest absolute Gasteiger partial charge is 0.311 e. The van der Waals surface area contributed by atoms with Crippen LogP contribution in [0.3, 0.4) is 0 Å². The molecule has 2 heteroatoms. The number of anilines is 3. The van der Waals surface area contributed by atoms with Crippen LogP contribution in [-0.2, 0) is 0 Å². The molecular formula is C52H36N2. The van der Waals surface area contributed by atoms with E-state index >= 15 is 0 Å². The first-order valence-corrected chi connectivity index (χ1v) is 18.5. The van der Waals surface area contributed by atoms with E-state index in [-0.39, 0.29) is 0 Å². The lowest BCUT2D eigenvalue weighted by atomic mass is 9.93. The van der Waals surface area contributed by atoms with Crippen LogP contribution in [0.4, 0.5) is 17.1 Å². The van der Waals surface area contributed by atoms with Gasteiger partial charge in [-0.15, -0.1) is 0 Å². The van der Waals surface area contributed by atoms with Crippen molar-refractivity contribution in [2.24, 2.45) is 0 Å². The summed E-state index contributed by atoms with van der Waals surface area (Å²) in [5.74, 6) is 0. The van der Waals surface area contributed by atoms with Crippen molar-refractivity contribution in [2.45, 2.75) is 0 Å². The van der Waals surface area contributed by atoms with Crippen LogP contribution in [0.5, 0.6) is 0 Å². The molecule has 1 heterocycles. The smallest absolute Gasteiger partial charge is 0.0619 e. The number of fused-ring (bicyclic) bond motifs is 5. The van der Waals surface area contributed by atoms with Gasteiger partial charge in [0.2, 0.25) is 0 Å². The molecule has 1 aromatic heterocycles. The first-order valence-electron chi connectivity index (χ1n) is 18.5. The van der Waals surface area contributed by atoms with E-state index in [1.165, 1.54) is 66.0 Å². The maximum absolute atomic E-state index is 2.45. The van der Waals surface area contributed by atoms with Crippen molar-refractivity contribution in [2.75, 3.05) is 4.90 Å². The van der Waals surface area contributed by atoms with E-state index in [9.17, 15) is 0 Å². The van der Waals surface area contributed by atoms with E-state index in [0.29, 0.717) is 0 Å². The number of benzene rings is 9. The zero-order valence-electron chi connectivity index (χ0n) is 29.7. The summed E-state index contributed by atoms with van der Waals surface area (Å²) in [7, 11) is 0. The standard InChI is InChI=1S/C52H36N2/c1-4-14-37(15-5-1)38-24-29-43(30-25-38)53(42-19-8-3-9-20-42)44-31-26-41(27-32-44)46-35-33-45(36-50(46)39-16-6-2-7-17-39)54-51-23-13-12-22-48(51)49-34-28-40-18-10-11-21-47(40)52(49)54/h1-36H. The fourth-order valence-electron chi connectivity index (χ4n) is 8.03. The molecule has 0 aliphatic rings. The fourth-order valence-corrected chi connectivity index (χ4v) is 8.03. The van der Waals surface area contributed by atoms with Crippen molar-refractivity contribution >= 4 is 49.6 Å². The molecule has 0 saturated carbocycles. The molecule has 2 nitrogen and oxygen atoms in total. The second kappa shape index (κ2) is 13.4. The van der Waals surface area contributed by atoms with E-state index < -0.39 is 0 Å². The lowest BCUT2D eigenvalue weighted by Gasteiger charge is -2.26. The predicted octanol–water partition coefficient (Wildman–Crippen LogP) is 14.4. The van der Waals surface area contributed by atoms with Crippen LogP contribution in [0, 0.1) is 0 Å². The number of aromatic nitrogens is 1. The molecule has 0 aliphatic carbocycles. The van der Waals surface area contributed by atoms with Crippen LogP contribution < -0.4 is 4.90 Å². The van der Waals surface area contributed by atoms with Gasteiger partial charge in [0.25, 0.3) is 0 Å². The molecule has 10 aromatic rings. The van der Waals surface area contributed by atoms with Gasteiger partial charge in [-0.1, -0.05) is 164 Å². The van der Waals surface area contributed by atoms with Gasteiger partial charge in [0.15, 0.2) is 0 Å². The summed E-state index contributed by atoms with van der Waals surface area (Å²) in [6.07, 6.45) is 0. The summed E-state index contributed by atoms with van der Waals surface area (Å²) in [4.78, 5) is 2.33. The molecule has 10 rings (SSSR count). The summed E-state index contributed by atoms with van der Waals surface area (Å²) >= 11 is 0. The molecule has 0 unspecified atom stereocenters. The molecule has 0 fully saturated rings. The highest BCUT2D eigenvalue weighted by atomic mass is 15.1. The molecule has 0 spiro atoms. The molecule has 0 aliphatic heterocycles. The third-order valence-corrected chi connectivity index (χ3v) is 10.6. The van der Waals surface area contributed by atoms with Crippen molar-refractivity contribution in [3.63, 3.8) is 0 Å². The van der Waals surface area contributed by atoms with Gasteiger partial charge >= 0.3 is 0 Å². The summed E-state index contributed by atoms with van der Waals surface area (Å²) in [5.41, 5.74) is 14.1. The van der Waals surface area contributed by atoms with Crippen molar-refractivity contribution in [3.8, 4) is 39.1 Å². The Morgan fingerprint density at radius 1 is 0.315 bits per heavy atom. The molecule has 0 bridgehead atoms. The highest BCUT2D eigenvalue weighted by molar-refractivity contribution is 6.18. The maximum Gasteiger partial charge on any atom is 0.0619 e. The van der Waals surface area contributed by atoms with Crippen molar-refractivity contribution < 1.29 is 0 Å². The topological polar surface area (TPSA) is 8.17 Å². The number of nitrogens with zero attached hydrogens (tertiary/aromatic N) is 2. The van der Waals surface area contributed by atoms with Crippen LogP contribution in [-0.4, -0.2) is 4.57 Å². The number of hydrogen-bond donors (Lipinski definition) is 0. The van der Waals surface area contributed by atoms with E-state index in [1.54, 1.807) is 0 Å². The second-order valence-corrected chi connectivity index (χ2v) is 13.8. The van der Waals surface area contributed by atoms with Gasteiger partial charge in [-0.2, -0.15) is 0 Å². The molecular weight excluding hydrogens is 653 g/mol. The van der Waals surface area contributed by atoms with Crippen LogP contribution in [0.2, 0.25) is 0 Å². The molecule has 9 aromatic carbocycles. The van der Waals surface area contributed by atoms with E-state index in [1.807, 2.05) is 0 Å². The zero-order valence-corrected chi connectivity index (χ0v) is 29.7. The molecule has 254 valence electrons.